The van der Waals surface area contributed by atoms with Gasteiger partial charge in [-0.25, -0.2) is 9.07 Å². The summed E-state index contributed by atoms with van der Waals surface area (Å²) in [4.78, 5) is 22.1. The lowest BCUT2D eigenvalue weighted by Crippen LogP contribution is -2.43. The van der Waals surface area contributed by atoms with Crippen molar-refractivity contribution in [2.75, 3.05) is 37.0 Å². The molecule has 0 aliphatic carbocycles. The van der Waals surface area contributed by atoms with Crippen LogP contribution in [-0.2, 0) is 11.3 Å². The Bertz CT molecular complexity index is 1330. The Morgan fingerprint density at radius 3 is 2.63 bits per heavy atom. The highest BCUT2D eigenvalue weighted by Gasteiger charge is 2.28. The number of amides is 1. The normalized spacial score (nSPS) is 16.0. The fraction of sp³-hybridized carbons (Fsp3) is 0.346. The van der Waals surface area contributed by atoms with Crippen LogP contribution in [0.2, 0.25) is 0 Å². The maximum absolute atomic E-state index is 13.4. The number of nitrogens with one attached hydrogen (secondary N) is 1. The van der Waals surface area contributed by atoms with Crippen LogP contribution in [0.4, 0.5) is 15.2 Å². The summed E-state index contributed by atoms with van der Waals surface area (Å²) in [5, 5.41) is 8.61. The zero-order valence-electron chi connectivity index (χ0n) is 20.2. The molecule has 2 aromatic heterocycles. The number of hydrogen-bond acceptors (Lipinski definition) is 6. The molecule has 1 aliphatic heterocycles. The highest BCUT2D eigenvalue weighted by molar-refractivity contribution is 7.22. The number of hydrogen-bond donors (Lipinski definition) is 1. The van der Waals surface area contributed by atoms with Gasteiger partial charge in [-0.3, -0.25) is 4.79 Å². The van der Waals surface area contributed by atoms with E-state index >= 15 is 0 Å². The van der Waals surface area contributed by atoms with E-state index in [-0.39, 0.29) is 17.6 Å². The van der Waals surface area contributed by atoms with Crippen molar-refractivity contribution in [3.05, 3.63) is 65.6 Å². The number of benzene rings is 2. The smallest absolute Gasteiger partial charge is 0.225 e. The van der Waals surface area contributed by atoms with Crippen LogP contribution < -0.4 is 15.1 Å². The number of aryl methyl sites for hydroxylation is 1. The van der Waals surface area contributed by atoms with Gasteiger partial charge in [0.25, 0.3) is 0 Å². The van der Waals surface area contributed by atoms with E-state index in [9.17, 15) is 9.18 Å². The van der Waals surface area contributed by atoms with Crippen molar-refractivity contribution in [3.63, 3.8) is 0 Å². The second-order valence-corrected chi connectivity index (χ2v) is 10.2. The van der Waals surface area contributed by atoms with Crippen LogP contribution in [0.25, 0.3) is 16.0 Å². The molecule has 0 radical (unpaired) electrons. The van der Waals surface area contributed by atoms with Crippen LogP contribution in [0, 0.1) is 18.7 Å². The fourth-order valence-electron chi connectivity index (χ4n) is 4.43. The molecule has 1 saturated heterocycles. The van der Waals surface area contributed by atoms with Crippen molar-refractivity contribution in [2.45, 2.75) is 26.3 Å². The van der Waals surface area contributed by atoms with E-state index in [4.69, 9.17) is 4.98 Å². The van der Waals surface area contributed by atoms with Gasteiger partial charge in [0.15, 0.2) is 10.8 Å². The number of fused-ring (bicyclic) bond motifs is 1. The van der Waals surface area contributed by atoms with Gasteiger partial charge < -0.3 is 15.1 Å². The summed E-state index contributed by atoms with van der Waals surface area (Å²) in [5.74, 6) is -0.274. The quantitative estimate of drug-likeness (QED) is 0.429. The number of piperidine rings is 1. The standard InChI is InChI=1S/C26H29FN6OS/c1-17-23-24(33(30-17)22-12-8-20(27)9-13-22)29-26(35-23)32-14-4-5-19(16-32)25(34)28-15-18-6-10-21(11-7-18)31(2)3/h6-13,19H,4-5,14-16H2,1-3H3,(H,28,34)/t19-/m0/s1. The van der Waals surface area contributed by atoms with Crippen LogP contribution in [0.1, 0.15) is 24.1 Å². The Kier molecular flexibility index (Phi) is 6.42. The van der Waals surface area contributed by atoms with Crippen molar-refractivity contribution in [1.82, 2.24) is 20.1 Å². The summed E-state index contributed by atoms with van der Waals surface area (Å²) in [5.41, 5.74) is 4.65. The fourth-order valence-corrected chi connectivity index (χ4v) is 5.45. The second kappa shape index (κ2) is 9.65. The average molecular weight is 493 g/mol. The van der Waals surface area contributed by atoms with Gasteiger partial charge in [-0.15, -0.1) is 0 Å². The van der Waals surface area contributed by atoms with Crippen LogP contribution in [0.15, 0.2) is 48.5 Å². The summed E-state index contributed by atoms with van der Waals surface area (Å²) in [6.07, 6.45) is 1.81. The zero-order valence-corrected chi connectivity index (χ0v) is 21.0. The van der Waals surface area contributed by atoms with Crippen LogP contribution in [0.5, 0.6) is 0 Å². The number of thiazole rings is 1. The first kappa shape index (κ1) is 23.3. The van der Waals surface area contributed by atoms with Crippen LogP contribution in [-0.4, -0.2) is 47.9 Å². The first-order valence-electron chi connectivity index (χ1n) is 11.8. The summed E-state index contributed by atoms with van der Waals surface area (Å²) in [6.45, 7) is 4.00. The van der Waals surface area contributed by atoms with Gasteiger partial charge in [0.1, 0.15) is 5.82 Å². The summed E-state index contributed by atoms with van der Waals surface area (Å²) < 4.78 is 16.2. The molecule has 3 heterocycles. The number of carbonyl (C=O) groups is 1. The molecule has 1 amide bonds. The molecule has 5 rings (SSSR count). The molecule has 1 aliphatic rings. The minimum atomic E-state index is -0.281. The Morgan fingerprint density at radius 1 is 1.17 bits per heavy atom. The Morgan fingerprint density at radius 2 is 1.91 bits per heavy atom. The number of anilines is 2. The van der Waals surface area contributed by atoms with E-state index in [1.807, 2.05) is 21.0 Å². The molecule has 0 bridgehead atoms. The first-order valence-corrected chi connectivity index (χ1v) is 12.6. The second-order valence-electron chi connectivity index (χ2n) is 9.19. The lowest BCUT2D eigenvalue weighted by atomic mass is 9.97. The molecular formula is C26H29FN6OS. The third-order valence-corrected chi connectivity index (χ3v) is 7.64. The lowest BCUT2D eigenvalue weighted by molar-refractivity contribution is -0.125. The van der Waals surface area contributed by atoms with Gasteiger partial charge in [0, 0.05) is 39.4 Å². The molecule has 0 saturated carbocycles. The first-order chi connectivity index (χ1) is 16.9. The van der Waals surface area contributed by atoms with Gasteiger partial charge in [0.05, 0.1) is 22.0 Å². The van der Waals surface area contributed by atoms with Crippen LogP contribution >= 0.6 is 11.3 Å². The zero-order chi connectivity index (χ0) is 24.5. The highest BCUT2D eigenvalue weighted by Crippen LogP contribution is 2.34. The third kappa shape index (κ3) is 4.86. The highest BCUT2D eigenvalue weighted by atomic mass is 32.1. The third-order valence-electron chi connectivity index (χ3n) is 6.43. The van der Waals surface area contributed by atoms with Gasteiger partial charge in [0.2, 0.25) is 5.91 Å². The Hall–Kier alpha value is -3.46. The average Bonchev–Trinajstić information content (AvgIpc) is 3.44. The molecule has 9 heteroatoms. The Labute approximate surface area is 208 Å². The SMILES string of the molecule is Cc1nn(-c2ccc(F)cc2)c2nc(N3CCC[C@H](C(=O)NCc4ccc(N(C)C)cc4)C3)sc12. The van der Waals surface area contributed by atoms with Gasteiger partial charge in [-0.05, 0) is 61.7 Å². The van der Waals surface area contributed by atoms with E-state index in [1.54, 1.807) is 28.2 Å². The molecule has 7 nitrogen and oxygen atoms in total. The van der Waals surface area contributed by atoms with Gasteiger partial charge in [-0.2, -0.15) is 10.1 Å². The molecule has 0 unspecified atom stereocenters. The molecular weight excluding hydrogens is 463 g/mol. The summed E-state index contributed by atoms with van der Waals surface area (Å²) >= 11 is 1.60. The largest absolute Gasteiger partial charge is 0.378 e. The molecule has 0 spiro atoms. The van der Waals surface area contributed by atoms with Gasteiger partial charge >= 0.3 is 0 Å². The summed E-state index contributed by atoms with van der Waals surface area (Å²) in [7, 11) is 4.02. The lowest BCUT2D eigenvalue weighted by Gasteiger charge is -2.31. The molecule has 35 heavy (non-hydrogen) atoms. The number of rotatable bonds is 6. The van der Waals surface area contributed by atoms with Crippen molar-refractivity contribution < 1.29 is 9.18 Å². The monoisotopic (exact) mass is 492 g/mol. The molecule has 1 atom stereocenters. The predicted molar refractivity (Wildman–Crippen MR) is 139 cm³/mol. The molecule has 2 aromatic carbocycles. The maximum Gasteiger partial charge on any atom is 0.225 e. The number of aromatic nitrogens is 3. The molecule has 1 fully saturated rings. The van der Waals surface area contributed by atoms with Gasteiger partial charge in [-0.1, -0.05) is 23.5 Å². The maximum atomic E-state index is 13.4. The van der Waals surface area contributed by atoms with Crippen LogP contribution in [0.3, 0.4) is 0 Å². The molecule has 182 valence electrons. The van der Waals surface area contributed by atoms with E-state index in [0.29, 0.717) is 13.1 Å². The number of nitrogens with zero attached hydrogens (tertiary/aromatic N) is 5. The molecule has 4 aromatic rings. The Balaban J connectivity index is 1.27. The topological polar surface area (TPSA) is 66.3 Å². The number of carbonyl (C=O) groups excluding carboxylic acids is 1. The summed E-state index contributed by atoms with van der Waals surface area (Å²) in [6, 6.07) is 14.5. The number of halogens is 1. The predicted octanol–water partition coefficient (Wildman–Crippen LogP) is 4.53. The van der Waals surface area contributed by atoms with E-state index in [0.717, 1.165) is 57.5 Å². The van der Waals surface area contributed by atoms with Crippen molar-refractivity contribution in [3.8, 4) is 5.69 Å². The van der Waals surface area contributed by atoms with E-state index in [2.05, 4.69) is 44.5 Å². The van der Waals surface area contributed by atoms with E-state index < -0.39 is 0 Å². The van der Waals surface area contributed by atoms with Crippen molar-refractivity contribution in [2.24, 2.45) is 5.92 Å². The minimum Gasteiger partial charge on any atom is -0.378 e. The van der Waals surface area contributed by atoms with Crippen molar-refractivity contribution >= 4 is 38.4 Å². The van der Waals surface area contributed by atoms with E-state index in [1.165, 1.54) is 12.1 Å². The molecule has 1 N–H and O–H groups in total. The minimum absolute atomic E-state index is 0.0773. The van der Waals surface area contributed by atoms with Crippen molar-refractivity contribution in [1.29, 1.82) is 0 Å².